The normalized spacial score (nSPS) is 14.0. The highest BCUT2D eigenvalue weighted by molar-refractivity contribution is 6.32. The van der Waals surface area contributed by atoms with Crippen molar-refractivity contribution in [1.29, 1.82) is 0 Å². The van der Waals surface area contributed by atoms with E-state index in [0.29, 0.717) is 29.0 Å². The average molecular weight is 310 g/mol. The van der Waals surface area contributed by atoms with E-state index in [2.05, 4.69) is 15.4 Å². The number of carbonyl (C=O) groups is 1. The molecule has 3 rings (SSSR count). The number of halogens is 1. The van der Waals surface area contributed by atoms with E-state index in [1.165, 1.54) is 12.8 Å². The molecule has 1 aromatic carbocycles. The topological polar surface area (TPSA) is 97.3 Å². The minimum absolute atomic E-state index is 0.113. The van der Waals surface area contributed by atoms with Gasteiger partial charge in [0.15, 0.2) is 0 Å². The molecule has 0 bridgehead atoms. The van der Waals surface area contributed by atoms with E-state index in [1.807, 2.05) is 0 Å². The van der Waals surface area contributed by atoms with E-state index in [1.54, 1.807) is 18.2 Å². The SMILES string of the molecule is O=C(O)c1[nH]nnc1Oc1ccc(Cl)c(OCC2CC2)c1. The third-order valence-electron chi connectivity index (χ3n) is 3.02. The van der Waals surface area contributed by atoms with Gasteiger partial charge in [0.2, 0.25) is 5.69 Å². The summed E-state index contributed by atoms with van der Waals surface area (Å²) in [5, 5.41) is 18.7. The van der Waals surface area contributed by atoms with Crippen LogP contribution in [0.15, 0.2) is 18.2 Å². The van der Waals surface area contributed by atoms with Crippen molar-refractivity contribution in [2.24, 2.45) is 5.92 Å². The molecular weight excluding hydrogens is 298 g/mol. The third-order valence-corrected chi connectivity index (χ3v) is 3.33. The van der Waals surface area contributed by atoms with Crippen LogP contribution in [0.25, 0.3) is 0 Å². The summed E-state index contributed by atoms with van der Waals surface area (Å²) in [5.74, 6) is 0.162. The van der Waals surface area contributed by atoms with Crippen LogP contribution in [0.2, 0.25) is 5.02 Å². The van der Waals surface area contributed by atoms with Crippen molar-refractivity contribution in [3.63, 3.8) is 0 Å². The summed E-state index contributed by atoms with van der Waals surface area (Å²) in [6.07, 6.45) is 2.35. The number of ether oxygens (including phenoxy) is 2. The van der Waals surface area contributed by atoms with E-state index in [0.717, 1.165) is 0 Å². The zero-order valence-corrected chi connectivity index (χ0v) is 11.6. The number of carboxylic acids is 1. The number of carboxylic acid groups (broad SMARTS) is 1. The molecule has 0 atom stereocenters. The monoisotopic (exact) mass is 309 g/mol. The van der Waals surface area contributed by atoms with Gasteiger partial charge in [-0.15, -0.1) is 0 Å². The Bertz CT molecular complexity index is 669. The first-order chi connectivity index (χ1) is 10.1. The summed E-state index contributed by atoms with van der Waals surface area (Å²) in [7, 11) is 0. The van der Waals surface area contributed by atoms with Crippen molar-refractivity contribution in [2.75, 3.05) is 6.61 Å². The van der Waals surface area contributed by atoms with Crippen molar-refractivity contribution in [1.82, 2.24) is 15.4 Å². The van der Waals surface area contributed by atoms with Gasteiger partial charge in [-0.2, -0.15) is 0 Å². The molecule has 0 spiro atoms. The molecule has 1 aromatic heterocycles. The lowest BCUT2D eigenvalue weighted by Gasteiger charge is -2.09. The lowest BCUT2D eigenvalue weighted by atomic mass is 10.3. The van der Waals surface area contributed by atoms with Crippen LogP contribution < -0.4 is 9.47 Å². The predicted molar refractivity (Wildman–Crippen MR) is 73.1 cm³/mol. The summed E-state index contributed by atoms with van der Waals surface area (Å²) in [5.41, 5.74) is -0.217. The molecule has 0 radical (unpaired) electrons. The number of H-pyrrole nitrogens is 1. The average Bonchev–Trinajstić information content (AvgIpc) is 3.17. The maximum atomic E-state index is 10.9. The van der Waals surface area contributed by atoms with Gasteiger partial charge in [0, 0.05) is 6.07 Å². The van der Waals surface area contributed by atoms with Gasteiger partial charge >= 0.3 is 5.97 Å². The number of nitrogens with one attached hydrogen (secondary N) is 1. The van der Waals surface area contributed by atoms with Crippen LogP contribution in [-0.2, 0) is 0 Å². The third kappa shape index (κ3) is 3.25. The number of nitrogens with zero attached hydrogens (tertiary/aromatic N) is 2. The van der Waals surface area contributed by atoms with Crippen LogP contribution in [0.4, 0.5) is 0 Å². The standard InChI is InChI=1S/C13H12ClN3O4/c14-9-4-3-8(5-10(9)20-6-7-1-2-7)21-12-11(13(18)19)15-17-16-12/h3-5,7H,1-2,6H2,(H,18,19)(H,15,16,17). The second-order valence-corrected chi connectivity index (χ2v) is 5.15. The second-order valence-electron chi connectivity index (χ2n) is 4.75. The highest BCUT2D eigenvalue weighted by atomic mass is 35.5. The fraction of sp³-hybridized carbons (Fsp3) is 0.308. The molecule has 7 nitrogen and oxygen atoms in total. The maximum Gasteiger partial charge on any atom is 0.359 e. The van der Waals surface area contributed by atoms with Crippen LogP contribution in [0.1, 0.15) is 23.3 Å². The molecule has 1 heterocycles. The van der Waals surface area contributed by atoms with Gasteiger partial charge in [-0.3, -0.25) is 0 Å². The number of benzene rings is 1. The molecule has 0 amide bonds. The van der Waals surface area contributed by atoms with Gasteiger partial charge in [0.05, 0.1) is 11.6 Å². The van der Waals surface area contributed by atoms with E-state index >= 15 is 0 Å². The van der Waals surface area contributed by atoms with Gasteiger partial charge in [0.1, 0.15) is 11.5 Å². The second kappa shape index (κ2) is 5.61. The summed E-state index contributed by atoms with van der Waals surface area (Å²) < 4.78 is 11.0. The van der Waals surface area contributed by atoms with Gasteiger partial charge < -0.3 is 14.6 Å². The van der Waals surface area contributed by atoms with Crippen LogP contribution in [0.5, 0.6) is 17.4 Å². The van der Waals surface area contributed by atoms with Crippen molar-refractivity contribution in [3.05, 3.63) is 28.9 Å². The molecule has 110 valence electrons. The Morgan fingerprint density at radius 2 is 2.29 bits per heavy atom. The molecule has 1 saturated carbocycles. The van der Waals surface area contributed by atoms with E-state index in [9.17, 15) is 4.79 Å². The lowest BCUT2D eigenvalue weighted by molar-refractivity contribution is 0.0687. The summed E-state index contributed by atoms with van der Waals surface area (Å²) in [6.45, 7) is 0.619. The molecule has 1 fully saturated rings. The first-order valence-corrected chi connectivity index (χ1v) is 6.76. The number of rotatable bonds is 6. The summed E-state index contributed by atoms with van der Waals surface area (Å²) >= 11 is 6.05. The molecule has 1 aliphatic rings. The minimum Gasteiger partial charge on any atom is -0.492 e. The van der Waals surface area contributed by atoms with Gasteiger partial charge in [-0.05, 0) is 30.9 Å². The largest absolute Gasteiger partial charge is 0.492 e. The molecule has 21 heavy (non-hydrogen) atoms. The van der Waals surface area contributed by atoms with Crippen molar-refractivity contribution in [2.45, 2.75) is 12.8 Å². The van der Waals surface area contributed by atoms with Gasteiger partial charge in [0.25, 0.3) is 5.88 Å². The molecule has 0 aliphatic heterocycles. The molecule has 2 aromatic rings. The molecule has 0 saturated heterocycles. The fourth-order valence-corrected chi connectivity index (χ4v) is 1.86. The first-order valence-electron chi connectivity index (χ1n) is 6.38. The summed E-state index contributed by atoms with van der Waals surface area (Å²) in [4.78, 5) is 10.9. The summed E-state index contributed by atoms with van der Waals surface area (Å²) in [6, 6.07) is 4.83. The van der Waals surface area contributed by atoms with Gasteiger partial charge in [-0.1, -0.05) is 21.9 Å². The molecule has 8 heteroatoms. The van der Waals surface area contributed by atoms with Crippen LogP contribution in [-0.4, -0.2) is 33.1 Å². The van der Waals surface area contributed by atoms with Crippen LogP contribution >= 0.6 is 11.6 Å². The molecule has 0 unspecified atom stereocenters. The Morgan fingerprint density at radius 3 is 3.00 bits per heavy atom. The molecule has 2 N–H and O–H groups in total. The van der Waals surface area contributed by atoms with Crippen molar-refractivity contribution in [3.8, 4) is 17.4 Å². The van der Waals surface area contributed by atoms with E-state index in [-0.39, 0.29) is 11.6 Å². The Balaban J connectivity index is 1.76. The highest BCUT2D eigenvalue weighted by Crippen LogP contribution is 2.34. The number of aromatic nitrogens is 3. The Kier molecular flexibility index (Phi) is 3.66. The van der Waals surface area contributed by atoms with E-state index < -0.39 is 5.97 Å². The fourth-order valence-electron chi connectivity index (χ4n) is 1.69. The number of hydrogen-bond donors (Lipinski definition) is 2. The maximum absolute atomic E-state index is 10.9. The Labute approximate surface area is 124 Å². The van der Waals surface area contributed by atoms with Crippen molar-refractivity contribution >= 4 is 17.6 Å². The van der Waals surface area contributed by atoms with Crippen LogP contribution in [0, 0.1) is 5.92 Å². The number of hydrogen-bond acceptors (Lipinski definition) is 5. The highest BCUT2D eigenvalue weighted by Gasteiger charge is 2.22. The number of aromatic carboxylic acids is 1. The van der Waals surface area contributed by atoms with Crippen LogP contribution in [0.3, 0.4) is 0 Å². The Morgan fingerprint density at radius 1 is 1.48 bits per heavy atom. The predicted octanol–water partition coefficient (Wildman–Crippen LogP) is 2.74. The zero-order chi connectivity index (χ0) is 14.8. The minimum atomic E-state index is -1.20. The molecular formula is C13H12ClN3O4. The zero-order valence-electron chi connectivity index (χ0n) is 10.9. The van der Waals surface area contributed by atoms with E-state index in [4.69, 9.17) is 26.2 Å². The quantitative estimate of drug-likeness (QED) is 0.851. The smallest absolute Gasteiger partial charge is 0.359 e. The number of aromatic amines is 1. The Hall–Kier alpha value is -2.28. The van der Waals surface area contributed by atoms with Gasteiger partial charge in [-0.25, -0.2) is 9.89 Å². The first kappa shape index (κ1) is 13.7. The molecule has 1 aliphatic carbocycles. The van der Waals surface area contributed by atoms with Crippen molar-refractivity contribution < 1.29 is 19.4 Å². The lowest BCUT2D eigenvalue weighted by Crippen LogP contribution is -2.01.